The number of amides is 2. The fourth-order valence-electron chi connectivity index (χ4n) is 2.21. The second-order valence-electron chi connectivity index (χ2n) is 4.96. The van der Waals surface area contributed by atoms with E-state index in [-0.39, 0.29) is 24.4 Å². The van der Waals surface area contributed by atoms with E-state index in [2.05, 4.69) is 21.2 Å². The molecule has 2 heterocycles. The van der Waals surface area contributed by atoms with Crippen molar-refractivity contribution < 1.29 is 9.59 Å². The van der Waals surface area contributed by atoms with Crippen LogP contribution in [0, 0.1) is 0 Å². The van der Waals surface area contributed by atoms with Crippen molar-refractivity contribution >= 4 is 39.1 Å². The van der Waals surface area contributed by atoms with Crippen LogP contribution >= 0.6 is 27.3 Å². The van der Waals surface area contributed by atoms with Crippen LogP contribution in [0.1, 0.15) is 24.8 Å². The normalized spacial score (nSPS) is 21.3. The van der Waals surface area contributed by atoms with Gasteiger partial charge in [-0.3, -0.25) is 19.8 Å². The Morgan fingerprint density at radius 2 is 2.21 bits per heavy atom. The highest BCUT2D eigenvalue weighted by Crippen LogP contribution is 2.34. The average Bonchev–Trinajstić information content (AvgIpc) is 2.73. The molecule has 0 aromatic carbocycles. The second-order valence-corrected chi connectivity index (χ2v) is 7.45. The summed E-state index contributed by atoms with van der Waals surface area (Å²) in [5.74, 6) is -0.559. The van der Waals surface area contributed by atoms with Crippen molar-refractivity contribution in [3.8, 4) is 0 Å². The van der Waals surface area contributed by atoms with Gasteiger partial charge in [-0.15, -0.1) is 11.3 Å². The summed E-state index contributed by atoms with van der Waals surface area (Å²) in [5, 5.41) is 2.37. The van der Waals surface area contributed by atoms with Crippen molar-refractivity contribution in [1.29, 1.82) is 0 Å². The molecule has 0 aliphatic carbocycles. The smallest absolute Gasteiger partial charge is 0.246 e. The summed E-state index contributed by atoms with van der Waals surface area (Å²) >= 11 is 4.99. The van der Waals surface area contributed by atoms with Gasteiger partial charge in [-0.05, 0) is 41.9 Å². The number of nitrogens with two attached hydrogens (primary N) is 1. The minimum absolute atomic E-state index is 0.138. The second kappa shape index (κ2) is 5.32. The van der Waals surface area contributed by atoms with E-state index in [1.165, 1.54) is 0 Å². The summed E-state index contributed by atoms with van der Waals surface area (Å²) in [5.41, 5.74) is 5.11. The van der Waals surface area contributed by atoms with Gasteiger partial charge in [0.15, 0.2) is 0 Å². The van der Waals surface area contributed by atoms with Crippen LogP contribution in [-0.2, 0) is 9.59 Å². The number of imide groups is 1. The van der Waals surface area contributed by atoms with Crippen molar-refractivity contribution in [1.82, 2.24) is 10.2 Å². The molecule has 104 valence electrons. The Bertz CT molecular complexity index is 515. The number of carbonyl (C=O) groups is 2. The van der Waals surface area contributed by atoms with Gasteiger partial charge < -0.3 is 5.73 Å². The fourth-order valence-corrected chi connectivity index (χ4v) is 3.76. The molecule has 0 spiro atoms. The molecule has 0 radical (unpaired) electrons. The van der Waals surface area contributed by atoms with Crippen LogP contribution in [0.25, 0.3) is 0 Å². The van der Waals surface area contributed by atoms with Gasteiger partial charge in [-0.1, -0.05) is 0 Å². The number of nitrogens with zero attached hydrogens (tertiary/aromatic N) is 1. The Kier molecular flexibility index (Phi) is 4.10. The monoisotopic (exact) mass is 345 g/mol. The van der Waals surface area contributed by atoms with Crippen LogP contribution in [0.15, 0.2) is 15.9 Å². The topological polar surface area (TPSA) is 75.4 Å². The van der Waals surface area contributed by atoms with Gasteiger partial charge >= 0.3 is 0 Å². The van der Waals surface area contributed by atoms with Gasteiger partial charge in [0.1, 0.15) is 0 Å². The molecule has 2 amide bonds. The first kappa shape index (κ1) is 14.6. The molecule has 1 aliphatic heterocycles. The molecule has 1 atom stereocenters. The molecular formula is C12H16BrN3O2S. The highest BCUT2D eigenvalue weighted by molar-refractivity contribution is 9.11. The van der Waals surface area contributed by atoms with E-state index in [0.29, 0.717) is 6.54 Å². The van der Waals surface area contributed by atoms with Crippen LogP contribution < -0.4 is 11.1 Å². The van der Waals surface area contributed by atoms with Gasteiger partial charge in [0.25, 0.3) is 0 Å². The molecule has 5 nitrogen and oxygen atoms in total. The number of piperazine rings is 1. The van der Waals surface area contributed by atoms with E-state index in [4.69, 9.17) is 5.73 Å². The number of halogens is 1. The molecule has 1 aromatic rings. The minimum atomic E-state index is -0.756. The third-order valence-corrected chi connectivity index (χ3v) is 5.09. The lowest BCUT2D eigenvalue weighted by atomic mass is 9.95. The molecule has 1 unspecified atom stereocenters. The van der Waals surface area contributed by atoms with Crippen molar-refractivity contribution in [3.63, 3.8) is 0 Å². The first-order valence-corrected chi connectivity index (χ1v) is 7.53. The number of carbonyl (C=O) groups excluding carboxylic acids is 2. The van der Waals surface area contributed by atoms with Crippen LogP contribution in [0.4, 0.5) is 0 Å². The van der Waals surface area contributed by atoms with Crippen LogP contribution in [0.3, 0.4) is 0 Å². The molecule has 1 aliphatic rings. The molecule has 19 heavy (non-hydrogen) atoms. The maximum atomic E-state index is 12.0. The summed E-state index contributed by atoms with van der Waals surface area (Å²) in [6.45, 7) is 4.15. The highest BCUT2D eigenvalue weighted by Gasteiger charge is 2.44. The van der Waals surface area contributed by atoms with Crippen LogP contribution in [0.5, 0.6) is 0 Å². The van der Waals surface area contributed by atoms with Gasteiger partial charge in [-0.25, -0.2) is 0 Å². The SMILES string of the molecule is CC1(C)C(=O)NC(=O)CN1C(CN)c1ccc(Br)s1. The lowest BCUT2D eigenvalue weighted by molar-refractivity contribution is -0.147. The molecule has 1 saturated heterocycles. The number of hydrogen-bond donors (Lipinski definition) is 2. The maximum absolute atomic E-state index is 12.0. The van der Waals surface area contributed by atoms with E-state index in [9.17, 15) is 9.59 Å². The summed E-state index contributed by atoms with van der Waals surface area (Å²) in [4.78, 5) is 26.5. The third-order valence-electron chi connectivity index (χ3n) is 3.36. The van der Waals surface area contributed by atoms with Gasteiger partial charge in [0, 0.05) is 11.4 Å². The quantitative estimate of drug-likeness (QED) is 0.808. The molecule has 0 saturated carbocycles. The summed E-state index contributed by atoms with van der Waals surface area (Å²) in [6, 6.07) is 3.78. The van der Waals surface area contributed by atoms with E-state index in [1.807, 2.05) is 17.0 Å². The summed E-state index contributed by atoms with van der Waals surface area (Å²) < 4.78 is 1.01. The molecule has 3 N–H and O–H groups in total. The minimum Gasteiger partial charge on any atom is -0.329 e. The fraction of sp³-hybridized carbons (Fsp3) is 0.500. The Morgan fingerprint density at radius 1 is 1.53 bits per heavy atom. The molecule has 2 rings (SSSR count). The molecule has 0 bridgehead atoms. The van der Waals surface area contributed by atoms with E-state index >= 15 is 0 Å². The average molecular weight is 346 g/mol. The molecule has 1 aromatic heterocycles. The zero-order valence-corrected chi connectivity index (χ0v) is 13.2. The van der Waals surface area contributed by atoms with Gasteiger partial charge in [0.2, 0.25) is 11.8 Å². The highest BCUT2D eigenvalue weighted by atomic mass is 79.9. The van der Waals surface area contributed by atoms with Crippen molar-refractivity contribution in [3.05, 3.63) is 20.8 Å². The van der Waals surface area contributed by atoms with E-state index in [0.717, 1.165) is 8.66 Å². The predicted octanol–water partition coefficient (Wildman–Crippen LogP) is 1.25. The van der Waals surface area contributed by atoms with Gasteiger partial charge in [-0.2, -0.15) is 0 Å². The third kappa shape index (κ3) is 2.74. The van der Waals surface area contributed by atoms with Crippen molar-refractivity contribution in [2.75, 3.05) is 13.1 Å². The maximum Gasteiger partial charge on any atom is 0.246 e. The largest absolute Gasteiger partial charge is 0.329 e. The Labute approximate surface area is 124 Å². The standard InChI is InChI=1S/C12H16BrN3O2S/c1-12(2)11(18)15-10(17)6-16(12)7(5-14)8-3-4-9(13)19-8/h3-4,7H,5-6,14H2,1-2H3,(H,15,17,18). The molecule has 1 fully saturated rings. The first-order chi connectivity index (χ1) is 8.86. The van der Waals surface area contributed by atoms with E-state index < -0.39 is 5.54 Å². The van der Waals surface area contributed by atoms with E-state index in [1.54, 1.807) is 25.2 Å². The zero-order valence-electron chi connectivity index (χ0n) is 10.8. The first-order valence-electron chi connectivity index (χ1n) is 5.92. The predicted molar refractivity (Wildman–Crippen MR) is 77.7 cm³/mol. The Morgan fingerprint density at radius 3 is 2.74 bits per heavy atom. The van der Waals surface area contributed by atoms with Crippen LogP contribution in [0.2, 0.25) is 0 Å². The summed E-state index contributed by atoms with van der Waals surface area (Å²) in [6.07, 6.45) is 0. The van der Waals surface area contributed by atoms with Crippen LogP contribution in [-0.4, -0.2) is 35.3 Å². The molecule has 7 heteroatoms. The lowest BCUT2D eigenvalue weighted by Gasteiger charge is -2.44. The van der Waals surface area contributed by atoms with Crippen molar-refractivity contribution in [2.45, 2.75) is 25.4 Å². The van der Waals surface area contributed by atoms with Crippen molar-refractivity contribution in [2.24, 2.45) is 5.73 Å². The van der Waals surface area contributed by atoms with Gasteiger partial charge in [0.05, 0.1) is 21.9 Å². The Balaban J connectivity index is 2.35. The number of hydrogen-bond acceptors (Lipinski definition) is 5. The number of thiophene rings is 1. The lowest BCUT2D eigenvalue weighted by Crippen LogP contribution is -2.65. The zero-order chi connectivity index (χ0) is 14.2. The summed E-state index contributed by atoms with van der Waals surface area (Å²) in [7, 11) is 0. The Hall–Kier alpha value is -0.760. The number of nitrogens with one attached hydrogen (secondary N) is 1. The molecular weight excluding hydrogens is 330 g/mol. The number of rotatable bonds is 3.